The van der Waals surface area contributed by atoms with Crippen molar-refractivity contribution in [3.8, 4) is 0 Å². The quantitative estimate of drug-likeness (QED) is 0.236. The van der Waals surface area contributed by atoms with Gasteiger partial charge in [-0.1, -0.05) is 62.2 Å². The van der Waals surface area contributed by atoms with Crippen LogP contribution in [0.2, 0.25) is 0 Å². The molecule has 2 aliphatic rings. The molecule has 0 bridgehead atoms. The molecule has 4 atom stereocenters. The fourth-order valence-corrected chi connectivity index (χ4v) is 5.42. The molecular formula is C22H19Br2N3O5. The lowest BCUT2D eigenvalue weighted by Gasteiger charge is -2.30. The van der Waals surface area contributed by atoms with Crippen LogP contribution < -0.4 is 0 Å². The molecule has 2 fully saturated rings. The zero-order valence-electron chi connectivity index (χ0n) is 16.8. The number of hydrogen-bond donors (Lipinski definition) is 0. The maximum atomic E-state index is 13.4. The summed E-state index contributed by atoms with van der Waals surface area (Å²) in [7, 11) is 0. The fourth-order valence-electron chi connectivity index (χ4n) is 4.18. The third kappa shape index (κ3) is 4.21. The topological polar surface area (TPSA) is 101 Å². The summed E-state index contributed by atoms with van der Waals surface area (Å²) in [6, 6.07) is 14.2. The summed E-state index contributed by atoms with van der Waals surface area (Å²) in [6.45, 7) is 0.0169. The van der Waals surface area contributed by atoms with E-state index in [0.717, 1.165) is 15.6 Å². The summed E-state index contributed by atoms with van der Waals surface area (Å²) in [5.74, 6) is -2.35. The maximum absolute atomic E-state index is 13.4. The minimum Gasteiger partial charge on any atom is -0.272 e. The van der Waals surface area contributed by atoms with Crippen LogP contribution in [0.25, 0.3) is 0 Å². The third-order valence-electron chi connectivity index (χ3n) is 5.86. The van der Waals surface area contributed by atoms with E-state index in [9.17, 15) is 24.5 Å². The molecule has 0 unspecified atom stereocenters. The van der Waals surface area contributed by atoms with Crippen molar-refractivity contribution in [3.05, 3.63) is 75.8 Å². The Morgan fingerprint density at radius 3 is 2.00 bits per heavy atom. The van der Waals surface area contributed by atoms with Crippen molar-refractivity contribution < 1.29 is 19.3 Å². The van der Waals surface area contributed by atoms with Gasteiger partial charge in [0.2, 0.25) is 0 Å². The van der Waals surface area contributed by atoms with Gasteiger partial charge in [0, 0.05) is 27.4 Å². The van der Waals surface area contributed by atoms with Gasteiger partial charge >= 0.3 is 0 Å². The summed E-state index contributed by atoms with van der Waals surface area (Å²) >= 11 is 7.14. The summed E-state index contributed by atoms with van der Waals surface area (Å²) in [5, 5.41) is 13.1. The van der Waals surface area contributed by atoms with E-state index in [1.807, 2.05) is 18.2 Å². The van der Waals surface area contributed by atoms with Crippen LogP contribution in [0.15, 0.2) is 54.6 Å². The lowest BCUT2D eigenvalue weighted by atomic mass is 9.81. The number of carbonyl (C=O) groups excluding carboxylic acids is 3. The predicted molar refractivity (Wildman–Crippen MR) is 123 cm³/mol. The lowest BCUT2D eigenvalue weighted by Crippen LogP contribution is -2.49. The van der Waals surface area contributed by atoms with Crippen LogP contribution >= 0.6 is 31.9 Å². The molecule has 0 aromatic heterocycles. The van der Waals surface area contributed by atoms with Crippen molar-refractivity contribution in [3.63, 3.8) is 0 Å². The van der Waals surface area contributed by atoms with E-state index in [0.29, 0.717) is 12.8 Å². The number of non-ortho nitro benzene ring substituents is 1. The second-order valence-corrected chi connectivity index (χ2v) is 10.2. The Hall–Kier alpha value is -2.59. The Balaban J connectivity index is 1.69. The van der Waals surface area contributed by atoms with Gasteiger partial charge in [0.25, 0.3) is 23.4 Å². The third-order valence-corrected chi connectivity index (χ3v) is 8.60. The van der Waals surface area contributed by atoms with Crippen LogP contribution in [0.3, 0.4) is 0 Å². The highest BCUT2D eigenvalue weighted by molar-refractivity contribution is 9.12. The molecule has 4 rings (SSSR count). The second-order valence-electron chi connectivity index (χ2n) is 7.86. The molecule has 1 aliphatic carbocycles. The lowest BCUT2D eigenvalue weighted by molar-refractivity contribution is -0.384. The van der Waals surface area contributed by atoms with Gasteiger partial charge in [-0.05, 0) is 30.5 Å². The van der Waals surface area contributed by atoms with E-state index in [1.54, 1.807) is 12.1 Å². The van der Waals surface area contributed by atoms with E-state index < -0.39 is 34.5 Å². The first-order valence-corrected chi connectivity index (χ1v) is 11.9. The zero-order chi connectivity index (χ0) is 23.0. The number of alkyl halides is 2. The van der Waals surface area contributed by atoms with E-state index in [4.69, 9.17) is 0 Å². The molecule has 2 aromatic rings. The molecule has 8 nitrogen and oxygen atoms in total. The van der Waals surface area contributed by atoms with Gasteiger partial charge in [0.05, 0.1) is 23.3 Å². The summed E-state index contributed by atoms with van der Waals surface area (Å²) in [6.07, 6.45) is 0.985. The van der Waals surface area contributed by atoms with Gasteiger partial charge < -0.3 is 0 Å². The molecule has 0 radical (unpaired) electrons. The standard InChI is InChI=1S/C22H19Br2N3O5/c23-18-10-16-17(11-19(18)24)22(30)26(21(16)29)25(12-13-4-2-1-3-5-13)20(28)14-6-8-15(9-7-14)27(31)32/h1-9,16-19H,10-12H2/t16-,17-,18-,19+/m1/s1. The largest absolute Gasteiger partial charge is 0.273 e. The number of hydrazine groups is 1. The van der Waals surface area contributed by atoms with Crippen molar-refractivity contribution in [1.29, 1.82) is 0 Å². The van der Waals surface area contributed by atoms with Gasteiger partial charge in [-0.25, -0.2) is 5.01 Å². The molecule has 3 amide bonds. The number of hydrogen-bond acceptors (Lipinski definition) is 5. The number of amides is 3. The average molecular weight is 565 g/mol. The number of rotatable bonds is 5. The zero-order valence-corrected chi connectivity index (χ0v) is 19.9. The van der Waals surface area contributed by atoms with E-state index in [1.165, 1.54) is 24.3 Å². The van der Waals surface area contributed by atoms with E-state index in [2.05, 4.69) is 31.9 Å². The molecule has 166 valence electrons. The first kappa shape index (κ1) is 22.6. The first-order chi connectivity index (χ1) is 15.3. The number of nitrogens with zero attached hydrogens (tertiary/aromatic N) is 3. The minimum absolute atomic E-state index is 0.0169. The van der Waals surface area contributed by atoms with Gasteiger partial charge in [0.1, 0.15) is 0 Å². The van der Waals surface area contributed by atoms with Crippen molar-refractivity contribution in [2.24, 2.45) is 11.8 Å². The first-order valence-electron chi connectivity index (χ1n) is 10.0. The van der Waals surface area contributed by atoms with Crippen LogP contribution in [0.5, 0.6) is 0 Å². The monoisotopic (exact) mass is 563 g/mol. The maximum Gasteiger partial charge on any atom is 0.273 e. The van der Waals surface area contributed by atoms with Crippen LogP contribution in [-0.2, 0) is 16.1 Å². The van der Waals surface area contributed by atoms with Gasteiger partial charge in [0.15, 0.2) is 0 Å². The SMILES string of the molecule is O=C(c1ccc([N+](=O)[O-])cc1)N(Cc1ccccc1)N1C(=O)[C@@H]2C[C@@H](Br)[C@@H](Br)C[C@H]2C1=O. The van der Waals surface area contributed by atoms with E-state index in [-0.39, 0.29) is 27.4 Å². The van der Waals surface area contributed by atoms with Gasteiger partial charge in [-0.15, -0.1) is 0 Å². The van der Waals surface area contributed by atoms with Crippen molar-refractivity contribution in [1.82, 2.24) is 10.0 Å². The van der Waals surface area contributed by atoms with Gasteiger partial charge in [-0.3, -0.25) is 24.5 Å². The van der Waals surface area contributed by atoms with Crippen molar-refractivity contribution >= 4 is 55.3 Å². The van der Waals surface area contributed by atoms with Crippen molar-refractivity contribution in [2.75, 3.05) is 0 Å². The summed E-state index contributed by atoms with van der Waals surface area (Å²) in [4.78, 5) is 50.5. The number of imide groups is 1. The van der Waals surface area contributed by atoms with Gasteiger partial charge in [-0.2, -0.15) is 5.01 Å². The Kier molecular flexibility index (Phi) is 6.43. The Labute approximate surface area is 200 Å². The predicted octanol–water partition coefficient (Wildman–Crippen LogP) is 4.07. The molecule has 1 saturated heterocycles. The Morgan fingerprint density at radius 2 is 1.50 bits per heavy atom. The molecular weight excluding hydrogens is 546 g/mol. The Bertz CT molecular complexity index is 1030. The fraction of sp³-hybridized carbons (Fsp3) is 0.318. The number of halogens is 2. The number of carbonyl (C=O) groups is 3. The number of nitro benzene ring substituents is 1. The van der Waals surface area contributed by atoms with Crippen LogP contribution in [0.4, 0.5) is 5.69 Å². The highest BCUT2D eigenvalue weighted by Crippen LogP contribution is 2.43. The summed E-state index contributed by atoms with van der Waals surface area (Å²) in [5.41, 5.74) is 0.746. The molecule has 1 heterocycles. The summed E-state index contributed by atoms with van der Waals surface area (Å²) < 4.78 is 0. The number of fused-ring (bicyclic) bond motifs is 1. The number of benzene rings is 2. The molecule has 0 N–H and O–H groups in total. The highest BCUT2D eigenvalue weighted by atomic mass is 79.9. The second kappa shape index (κ2) is 9.11. The average Bonchev–Trinajstić information content (AvgIpc) is 3.02. The molecule has 1 saturated carbocycles. The highest BCUT2D eigenvalue weighted by Gasteiger charge is 2.54. The normalized spacial score (nSPS) is 24.9. The van der Waals surface area contributed by atoms with E-state index >= 15 is 0 Å². The van der Waals surface area contributed by atoms with Crippen LogP contribution in [-0.4, -0.2) is 42.3 Å². The number of nitro groups is 1. The minimum atomic E-state index is -0.574. The molecule has 10 heteroatoms. The molecule has 0 spiro atoms. The molecule has 32 heavy (non-hydrogen) atoms. The molecule has 1 aliphatic heterocycles. The molecule has 2 aromatic carbocycles. The van der Waals surface area contributed by atoms with Crippen molar-refractivity contribution in [2.45, 2.75) is 29.0 Å². The van der Waals surface area contributed by atoms with Crippen LogP contribution in [0.1, 0.15) is 28.8 Å². The smallest absolute Gasteiger partial charge is 0.272 e. The van der Waals surface area contributed by atoms with Crippen LogP contribution in [0, 0.1) is 22.0 Å². The Morgan fingerprint density at radius 1 is 0.969 bits per heavy atom.